The normalized spacial score (nSPS) is 14.9. The van der Waals surface area contributed by atoms with Crippen LogP contribution in [-0.2, 0) is 4.74 Å². The minimum absolute atomic E-state index is 0.0446. The highest BCUT2D eigenvalue weighted by atomic mass is 19.1. The molecule has 0 aliphatic rings. The Balaban J connectivity index is 2.77. The molecule has 0 aliphatic heterocycles. The van der Waals surface area contributed by atoms with Gasteiger partial charge in [-0.05, 0) is 31.0 Å². The van der Waals surface area contributed by atoms with Crippen molar-refractivity contribution in [3.05, 3.63) is 35.6 Å². The van der Waals surface area contributed by atoms with Crippen LogP contribution in [0.3, 0.4) is 0 Å². The van der Waals surface area contributed by atoms with Gasteiger partial charge in [0.25, 0.3) is 0 Å². The van der Waals surface area contributed by atoms with Gasteiger partial charge < -0.3 is 10.5 Å². The van der Waals surface area contributed by atoms with Gasteiger partial charge in [0.15, 0.2) is 0 Å². The van der Waals surface area contributed by atoms with Crippen LogP contribution in [0.2, 0.25) is 0 Å². The van der Waals surface area contributed by atoms with E-state index < -0.39 is 0 Å². The smallest absolute Gasteiger partial charge is 0.123 e. The number of halogens is 1. The summed E-state index contributed by atoms with van der Waals surface area (Å²) in [6.45, 7) is 4.57. The molecule has 2 N–H and O–H groups in total. The second-order valence-corrected chi connectivity index (χ2v) is 3.48. The lowest BCUT2D eigenvalue weighted by molar-refractivity contribution is 0.0413. The number of hydrogen-bond donors (Lipinski definition) is 1. The van der Waals surface area contributed by atoms with Crippen molar-refractivity contribution in [2.75, 3.05) is 6.61 Å². The zero-order valence-corrected chi connectivity index (χ0v) is 9.24. The summed E-state index contributed by atoms with van der Waals surface area (Å²) in [7, 11) is 0. The predicted octanol–water partition coefficient (Wildman–Crippen LogP) is 2.64. The van der Waals surface area contributed by atoms with Gasteiger partial charge in [0.2, 0.25) is 0 Å². The van der Waals surface area contributed by atoms with Gasteiger partial charge in [-0.3, -0.25) is 0 Å². The van der Waals surface area contributed by atoms with E-state index in [1.807, 2.05) is 19.9 Å². The number of hydrogen-bond acceptors (Lipinski definition) is 2. The average Bonchev–Trinajstić information content (AvgIpc) is 2.25. The summed E-state index contributed by atoms with van der Waals surface area (Å²) < 4.78 is 18.5. The standard InChI is InChI=1S/C12H18FNO/c1-3-11(15-4-2)12(14)9-6-5-7-10(13)8-9/h5-8,11-12H,3-4,14H2,1-2H3. The van der Waals surface area contributed by atoms with Gasteiger partial charge in [0, 0.05) is 6.61 Å². The van der Waals surface area contributed by atoms with E-state index >= 15 is 0 Å². The first kappa shape index (κ1) is 12.1. The molecule has 0 aliphatic carbocycles. The van der Waals surface area contributed by atoms with Crippen molar-refractivity contribution in [2.45, 2.75) is 32.4 Å². The molecule has 15 heavy (non-hydrogen) atoms. The quantitative estimate of drug-likeness (QED) is 0.812. The fourth-order valence-electron chi connectivity index (χ4n) is 1.62. The van der Waals surface area contributed by atoms with Crippen molar-refractivity contribution in [3.8, 4) is 0 Å². The van der Waals surface area contributed by atoms with Crippen LogP contribution in [-0.4, -0.2) is 12.7 Å². The van der Waals surface area contributed by atoms with Gasteiger partial charge in [-0.15, -0.1) is 0 Å². The Kier molecular flexibility index (Phi) is 4.72. The SMILES string of the molecule is CCOC(CC)C(N)c1cccc(F)c1. The molecule has 0 bridgehead atoms. The van der Waals surface area contributed by atoms with E-state index in [0.717, 1.165) is 12.0 Å². The van der Waals surface area contributed by atoms with Crippen molar-refractivity contribution >= 4 is 0 Å². The molecule has 1 aromatic rings. The zero-order chi connectivity index (χ0) is 11.3. The zero-order valence-electron chi connectivity index (χ0n) is 9.24. The van der Waals surface area contributed by atoms with Crippen LogP contribution in [0.15, 0.2) is 24.3 Å². The number of nitrogens with two attached hydrogens (primary N) is 1. The molecule has 3 heteroatoms. The molecule has 1 rings (SSSR count). The van der Waals surface area contributed by atoms with E-state index in [4.69, 9.17) is 10.5 Å². The molecule has 0 amide bonds. The van der Waals surface area contributed by atoms with Crippen LogP contribution >= 0.6 is 0 Å². The minimum Gasteiger partial charge on any atom is -0.377 e. The average molecular weight is 211 g/mol. The molecular weight excluding hydrogens is 193 g/mol. The Morgan fingerprint density at radius 1 is 1.40 bits per heavy atom. The maximum Gasteiger partial charge on any atom is 0.123 e. The van der Waals surface area contributed by atoms with Gasteiger partial charge in [0.1, 0.15) is 5.82 Å². The Hall–Kier alpha value is -0.930. The summed E-state index contributed by atoms with van der Waals surface area (Å²) >= 11 is 0. The van der Waals surface area contributed by atoms with Crippen molar-refractivity contribution in [1.29, 1.82) is 0 Å². The molecule has 0 radical (unpaired) electrons. The van der Waals surface area contributed by atoms with E-state index in [-0.39, 0.29) is 18.0 Å². The molecular formula is C12H18FNO. The van der Waals surface area contributed by atoms with E-state index in [1.54, 1.807) is 6.07 Å². The van der Waals surface area contributed by atoms with Gasteiger partial charge in [-0.25, -0.2) is 4.39 Å². The monoisotopic (exact) mass is 211 g/mol. The molecule has 2 nitrogen and oxygen atoms in total. The first-order chi connectivity index (χ1) is 7.19. The van der Waals surface area contributed by atoms with Crippen LogP contribution in [0.25, 0.3) is 0 Å². The van der Waals surface area contributed by atoms with Crippen molar-refractivity contribution < 1.29 is 9.13 Å². The third-order valence-corrected chi connectivity index (χ3v) is 2.42. The van der Waals surface area contributed by atoms with E-state index in [1.165, 1.54) is 12.1 Å². The Bertz CT molecular complexity index is 303. The predicted molar refractivity (Wildman–Crippen MR) is 59.0 cm³/mol. The van der Waals surface area contributed by atoms with Gasteiger partial charge >= 0.3 is 0 Å². The summed E-state index contributed by atoms with van der Waals surface area (Å²) in [5.41, 5.74) is 6.80. The van der Waals surface area contributed by atoms with E-state index in [0.29, 0.717) is 6.61 Å². The molecule has 84 valence electrons. The highest BCUT2D eigenvalue weighted by molar-refractivity contribution is 5.20. The van der Waals surface area contributed by atoms with E-state index in [2.05, 4.69) is 0 Å². The second-order valence-electron chi connectivity index (χ2n) is 3.48. The Morgan fingerprint density at radius 2 is 2.13 bits per heavy atom. The summed E-state index contributed by atoms with van der Waals surface area (Å²) in [6, 6.07) is 6.12. The highest BCUT2D eigenvalue weighted by Gasteiger charge is 2.18. The maximum atomic E-state index is 13.0. The third-order valence-electron chi connectivity index (χ3n) is 2.42. The molecule has 2 atom stereocenters. The van der Waals surface area contributed by atoms with Crippen LogP contribution < -0.4 is 5.73 Å². The first-order valence-corrected chi connectivity index (χ1v) is 5.31. The van der Waals surface area contributed by atoms with E-state index in [9.17, 15) is 4.39 Å². The summed E-state index contributed by atoms with van der Waals surface area (Å²) in [5.74, 6) is -0.255. The van der Waals surface area contributed by atoms with Gasteiger partial charge in [-0.1, -0.05) is 19.1 Å². The molecule has 0 saturated heterocycles. The van der Waals surface area contributed by atoms with Crippen molar-refractivity contribution in [2.24, 2.45) is 5.73 Å². The fraction of sp³-hybridized carbons (Fsp3) is 0.500. The number of rotatable bonds is 5. The highest BCUT2D eigenvalue weighted by Crippen LogP contribution is 2.19. The Morgan fingerprint density at radius 3 is 2.67 bits per heavy atom. The summed E-state index contributed by atoms with van der Waals surface area (Å²) in [4.78, 5) is 0. The van der Waals surface area contributed by atoms with Gasteiger partial charge in [-0.2, -0.15) is 0 Å². The Labute approximate surface area is 90.2 Å². The molecule has 1 aromatic carbocycles. The van der Waals surface area contributed by atoms with Crippen LogP contribution in [0.1, 0.15) is 31.9 Å². The molecule has 0 heterocycles. The minimum atomic E-state index is -0.259. The van der Waals surface area contributed by atoms with Crippen LogP contribution in [0.5, 0.6) is 0 Å². The maximum absolute atomic E-state index is 13.0. The molecule has 0 aromatic heterocycles. The molecule has 0 saturated carbocycles. The van der Waals surface area contributed by atoms with Crippen molar-refractivity contribution in [3.63, 3.8) is 0 Å². The number of ether oxygens (including phenoxy) is 1. The molecule has 0 fully saturated rings. The summed E-state index contributed by atoms with van der Waals surface area (Å²) in [6.07, 6.45) is 0.780. The van der Waals surface area contributed by atoms with Gasteiger partial charge in [0.05, 0.1) is 12.1 Å². The largest absolute Gasteiger partial charge is 0.377 e. The van der Waals surface area contributed by atoms with Crippen LogP contribution in [0.4, 0.5) is 4.39 Å². The summed E-state index contributed by atoms with van der Waals surface area (Å²) in [5, 5.41) is 0. The van der Waals surface area contributed by atoms with Crippen LogP contribution in [0, 0.1) is 5.82 Å². The second kappa shape index (κ2) is 5.83. The lowest BCUT2D eigenvalue weighted by Crippen LogP contribution is -2.28. The lowest BCUT2D eigenvalue weighted by atomic mass is 10.0. The first-order valence-electron chi connectivity index (χ1n) is 5.31. The lowest BCUT2D eigenvalue weighted by Gasteiger charge is -2.22. The topological polar surface area (TPSA) is 35.2 Å². The van der Waals surface area contributed by atoms with Crippen molar-refractivity contribution in [1.82, 2.24) is 0 Å². The third kappa shape index (κ3) is 3.29. The fourth-order valence-corrected chi connectivity index (χ4v) is 1.62. The molecule has 0 spiro atoms. The number of benzene rings is 1. The molecule has 2 unspecified atom stereocenters.